The maximum Gasteiger partial charge on any atom is 0.335 e. The van der Waals surface area contributed by atoms with Crippen molar-refractivity contribution in [2.75, 3.05) is 5.73 Å². The fraction of sp³-hybridized carbons (Fsp3) is 0.167. The summed E-state index contributed by atoms with van der Waals surface area (Å²) in [5.41, 5.74) is 7.45. The number of pyridine rings is 3. The molecule has 4 heterocycles. The molecule has 1 aliphatic rings. The number of aromatic carboxylic acids is 1. The molecule has 180 valence electrons. The van der Waals surface area contributed by atoms with Crippen LogP contribution in [0.5, 0.6) is 0 Å². The highest BCUT2D eigenvalue weighted by atomic mass is 79.9. The number of oxazole rings is 1. The molecule has 0 atom stereocenters. The molecule has 4 aromatic rings. The fourth-order valence-corrected chi connectivity index (χ4v) is 3.43. The second-order valence-electron chi connectivity index (χ2n) is 7.40. The summed E-state index contributed by atoms with van der Waals surface area (Å²) in [6, 6.07) is 9.93. The van der Waals surface area contributed by atoms with Crippen LogP contribution in [0.2, 0.25) is 0 Å². The molecule has 0 radical (unpaired) electrons. The topological polar surface area (TPSA) is 145 Å². The van der Waals surface area contributed by atoms with Gasteiger partial charge in [0.2, 0.25) is 0 Å². The van der Waals surface area contributed by atoms with Gasteiger partial charge in [-0.25, -0.2) is 24.7 Å². The van der Waals surface area contributed by atoms with Gasteiger partial charge in [-0.05, 0) is 88.0 Å². The number of rotatable bonds is 4. The van der Waals surface area contributed by atoms with Gasteiger partial charge in [-0.2, -0.15) is 0 Å². The highest BCUT2D eigenvalue weighted by Crippen LogP contribution is 2.40. The fourth-order valence-electron chi connectivity index (χ4n) is 2.70. The number of carboxylic acids is 1. The lowest BCUT2D eigenvalue weighted by Crippen LogP contribution is -1.95. The minimum Gasteiger partial charge on any atom is -0.478 e. The van der Waals surface area contributed by atoms with Gasteiger partial charge >= 0.3 is 5.97 Å². The number of carboxylic acid groups (broad SMARTS) is 1. The average molecular weight is 603 g/mol. The van der Waals surface area contributed by atoms with Gasteiger partial charge in [0.25, 0.3) is 0 Å². The molecule has 0 bridgehead atoms. The molecule has 3 N–H and O–H groups in total. The number of carbonyl (C=O) groups excluding carboxylic acids is 1. The van der Waals surface area contributed by atoms with Crippen molar-refractivity contribution in [2.24, 2.45) is 0 Å². The van der Waals surface area contributed by atoms with Gasteiger partial charge in [0, 0.05) is 35.6 Å². The third kappa shape index (κ3) is 8.37. The summed E-state index contributed by atoms with van der Waals surface area (Å²) >= 11 is 6.22. The van der Waals surface area contributed by atoms with Gasteiger partial charge in [-0.15, -0.1) is 0 Å². The average Bonchev–Trinajstić information content (AvgIpc) is 3.56. The predicted octanol–water partition coefficient (Wildman–Crippen LogP) is 5.79. The van der Waals surface area contributed by atoms with E-state index in [0.717, 1.165) is 17.2 Å². The SMILES string of the molecule is CC(=O)c1ccnc(Br)c1.Nc1cc(-c2cnc(C3CC3)o2)ccn1.O=C(O)c1ccnc(Br)c1. The van der Waals surface area contributed by atoms with Gasteiger partial charge in [0.1, 0.15) is 15.0 Å². The molecule has 35 heavy (non-hydrogen) atoms. The summed E-state index contributed by atoms with van der Waals surface area (Å²) in [6.45, 7) is 1.53. The van der Waals surface area contributed by atoms with E-state index in [0.29, 0.717) is 26.5 Å². The van der Waals surface area contributed by atoms with Gasteiger partial charge < -0.3 is 15.3 Å². The first kappa shape index (κ1) is 26.2. The summed E-state index contributed by atoms with van der Waals surface area (Å²) in [6.07, 6.45) is 8.84. The van der Waals surface area contributed by atoms with Gasteiger partial charge in [-0.3, -0.25) is 4.79 Å². The number of nitrogens with two attached hydrogens (primary N) is 1. The van der Waals surface area contributed by atoms with Crippen LogP contribution in [-0.4, -0.2) is 36.8 Å². The molecule has 5 rings (SSSR count). The largest absolute Gasteiger partial charge is 0.478 e. The van der Waals surface area contributed by atoms with Crippen molar-refractivity contribution in [1.82, 2.24) is 19.9 Å². The van der Waals surface area contributed by atoms with Crippen LogP contribution in [0.25, 0.3) is 11.3 Å². The number of nitrogens with zero attached hydrogens (tertiary/aromatic N) is 4. The molecule has 11 heteroatoms. The summed E-state index contributed by atoms with van der Waals surface area (Å²) in [4.78, 5) is 36.9. The zero-order valence-corrected chi connectivity index (χ0v) is 21.7. The van der Waals surface area contributed by atoms with E-state index in [1.807, 2.05) is 6.07 Å². The number of halogens is 2. The van der Waals surface area contributed by atoms with Gasteiger partial charge in [-0.1, -0.05) is 0 Å². The zero-order chi connectivity index (χ0) is 25.4. The first-order chi connectivity index (χ1) is 16.7. The molecular weight excluding hydrogens is 582 g/mol. The normalized spacial score (nSPS) is 12.0. The number of aromatic nitrogens is 4. The third-order valence-corrected chi connectivity index (χ3v) is 5.49. The molecular formula is C24H21Br2N5O4. The number of nitrogen functional groups attached to an aromatic ring is 1. The summed E-state index contributed by atoms with van der Waals surface area (Å²) in [5, 5.41) is 8.46. The van der Waals surface area contributed by atoms with Crippen molar-refractivity contribution in [3.05, 3.63) is 87.4 Å². The Labute approximate surface area is 218 Å². The molecule has 1 fully saturated rings. The van der Waals surface area contributed by atoms with Crippen LogP contribution in [0, 0.1) is 0 Å². The van der Waals surface area contributed by atoms with E-state index in [2.05, 4.69) is 51.8 Å². The van der Waals surface area contributed by atoms with E-state index in [4.69, 9.17) is 15.3 Å². The van der Waals surface area contributed by atoms with Crippen molar-refractivity contribution in [3.63, 3.8) is 0 Å². The molecule has 0 aliphatic heterocycles. The lowest BCUT2D eigenvalue weighted by molar-refractivity contribution is 0.0696. The Balaban J connectivity index is 0.000000153. The van der Waals surface area contributed by atoms with Crippen LogP contribution in [0.3, 0.4) is 0 Å². The monoisotopic (exact) mass is 601 g/mol. The third-order valence-electron chi connectivity index (χ3n) is 4.62. The second-order valence-corrected chi connectivity index (χ2v) is 9.03. The molecule has 0 spiro atoms. The lowest BCUT2D eigenvalue weighted by Gasteiger charge is -1.96. The zero-order valence-electron chi connectivity index (χ0n) is 18.6. The Hall–Kier alpha value is -3.44. The highest BCUT2D eigenvalue weighted by molar-refractivity contribution is 9.10. The number of hydrogen-bond donors (Lipinski definition) is 2. The van der Waals surface area contributed by atoms with Crippen molar-refractivity contribution in [1.29, 1.82) is 0 Å². The van der Waals surface area contributed by atoms with E-state index in [1.165, 1.54) is 38.1 Å². The number of hydrogen-bond acceptors (Lipinski definition) is 8. The first-order valence-electron chi connectivity index (χ1n) is 10.4. The van der Waals surface area contributed by atoms with Crippen molar-refractivity contribution in [2.45, 2.75) is 25.7 Å². The highest BCUT2D eigenvalue weighted by Gasteiger charge is 2.28. The van der Waals surface area contributed by atoms with Crippen molar-refractivity contribution < 1.29 is 19.1 Å². The van der Waals surface area contributed by atoms with Crippen LogP contribution in [0.4, 0.5) is 5.82 Å². The number of Topliss-reactive ketones (excluding diaryl/α,β-unsaturated/α-hetero) is 1. The number of anilines is 1. The molecule has 0 amide bonds. The van der Waals surface area contributed by atoms with Gasteiger partial charge in [0.15, 0.2) is 17.4 Å². The lowest BCUT2D eigenvalue weighted by atomic mass is 10.2. The Kier molecular flexibility index (Phi) is 9.21. The van der Waals surface area contributed by atoms with E-state index in [1.54, 1.807) is 36.8 Å². The Morgan fingerprint density at radius 1 is 0.943 bits per heavy atom. The summed E-state index contributed by atoms with van der Waals surface area (Å²) in [7, 11) is 0. The van der Waals surface area contributed by atoms with E-state index >= 15 is 0 Å². The molecule has 4 aromatic heterocycles. The maximum atomic E-state index is 10.7. The standard InChI is InChI=1S/C11H11N3O.C7H6BrNO.C6H4BrNO2/c12-10-5-8(3-4-13-10)9-6-14-11(15-9)7-1-2-7;1-5(10)6-2-3-9-7(8)4-6;7-5-3-4(6(9)10)1-2-8-5/h3-7H,1-2H2,(H2,12,13);2-4H,1H3;1-3H,(H,9,10). The molecule has 1 aliphatic carbocycles. The van der Waals surface area contributed by atoms with Crippen LogP contribution >= 0.6 is 31.9 Å². The Morgan fingerprint density at radius 3 is 2.03 bits per heavy atom. The van der Waals surface area contributed by atoms with E-state index < -0.39 is 5.97 Å². The quantitative estimate of drug-likeness (QED) is 0.219. The van der Waals surface area contributed by atoms with Crippen molar-refractivity contribution >= 4 is 49.4 Å². The van der Waals surface area contributed by atoms with Crippen LogP contribution in [0.15, 0.2) is 74.8 Å². The molecule has 9 nitrogen and oxygen atoms in total. The molecule has 1 saturated carbocycles. The summed E-state index contributed by atoms with van der Waals surface area (Å²) in [5.74, 6) is 1.77. The maximum absolute atomic E-state index is 10.7. The number of carbonyl (C=O) groups is 2. The first-order valence-corrected chi connectivity index (χ1v) is 12.0. The minimum atomic E-state index is -0.942. The number of ketones is 1. The van der Waals surface area contributed by atoms with Crippen LogP contribution in [-0.2, 0) is 0 Å². The van der Waals surface area contributed by atoms with E-state index in [-0.39, 0.29) is 11.3 Å². The second kappa shape index (κ2) is 12.3. The molecule has 0 unspecified atom stereocenters. The molecule has 0 aromatic carbocycles. The summed E-state index contributed by atoms with van der Waals surface area (Å²) < 4.78 is 6.88. The van der Waals surface area contributed by atoms with E-state index in [9.17, 15) is 9.59 Å². The molecule has 0 saturated heterocycles. The van der Waals surface area contributed by atoms with Crippen LogP contribution in [0.1, 0.15) is 52.3 Å². The Morgan fingerprint density at radius 2 is 1.54 bits per heavy atom. The van der Waals surface area contributed by atoms with Gasteiger partial charge in [0.05, 0.1) is 11.8 Å². The van der Waals surface area contributed by atoms with Crippen molar-refractivity contribution in [3.8, 4) is 11.3 Å². The minimum absolute atomic E-state index is 0.0584. The predicted molar refractivity (Wildman–Crippen MR) is 137 cm³/mol. The smallest absolute Gasteiger partial charge is 0.335 e. The van der Waals surface area contributed by atoms with Crippen LogP contribution < -0.4 is 5.73 Å². The Bertz CT molecular complexity index is 1270.